The first-order valence-electron chi connectivity index (χ1n) is 27.2. The summed E-state index contributed by atoms with van der Waals surface area (Å²) >= 11 is 0. The number of aromatic nitrogens is 4. The van der Waals surface area contributed by atoms with E-state index < -0.39 is 18.1 Å². The number of hydrogen-bond donors (Lipinski definition) is 0. The number of ether oxygens (including phenoxy) is 1. The minimum Gasteiger partial charge on any atom is -0.510 e. The van der Waals surface area contributed by atoms with Crippen LogP contribution in [-0.2, 0) is 31.9 Å². The minimum atomic E-state index is -0.472. The molecule has 10 rings (SSSR count). The quantitative estimate of drug-likeness (QED) is 0.112. The molecule has 0 bridgehead atoms. The smallest absolute Gasteiger partial charge is 0.268 e. The Bertz CT molecular complexity index is 3950. The van der Waals surface area contributed by atoms with Crippen molar-refractivity contribution in [2.75, 3.05) is 0 Å². The number of nitrogens with zero attached hydrogens (tertiary/aromatic N) is 4. The summed E-state index contributed by atoms with van der Waals surface area (Å²) in [6, 6.07) is 36.9. The molecule has 6 heteroatoms. The Morgan fingerprint density at radius 2 is 1.29 bits per heavy atom. The van der Waals surface area contributed by atoms with E-state index in [1.807, 2.05) is 69.8 Å². The van der Waals surface area contributed by atoms with Crippen LogP contribution in [-0.4, -0.2) is 14.1 Å². The third-order valence-electron chi connectivity index (χ3n) is 12.9. The van der Waals surface area contributed by atoms with E-state index in [9.17, 15) is 2.74 Å². The van der Waals surface area contributed by atoms with Crippen LogP contribution in [0.2, 0.25) is 0 Å². The first kappa shape index (κ1) is 36.5. The largest absolute Gasteiger partial charge is 0.510 e. The second-order valence-corrected chi connectivity index (χ2v) is 20.4. The number of para-hydroxylation sites is 4. The normalized spacial score (nSPS) is 14.5. The van der Waals surface area contributed by atoms with Gasteiger partial charge in [0.25, 0.3) is 6.33 Å². The summed E-state index contributed by atoms with van der Waals surface area (Å²) in [6.07, 6.45) is 5.35. The van der Waals surface area contributed by atoms with Crippen LogP contribution in [0.3, 0.4) is 0 Å². The van der Waals surface area contributed by atoms with Gasteiger partial charge >= 0.3 is 0 Å². The molecule has 0 aliphatic heterocycles. The van der Waals surface area contributed by atoms with Crippen molar-refractivity contribution < 1.29 is 42.7 Å². The molecule has 3 heterocycles. The average molecular weight is 1080 g/mol. The molecule has 0 N–H and O–H groups in total. The fourth-order valence-electron chi connectivity index (χ4n) is 8.64. The van der Waals surface area contributed by atoms with Gasteiger partial charge in [0.15, 0.2) is 0 Å². The number of benzene rings is 7. The zero-order chi connectivity index (χ0) is 54.7. The topological polar surface area (TPSA) is 35.9 Å². The Labute approximate surface area is 429 Å². The van der Waals surface area contributed by atoms with Crippen LogP contribution in [0.25, 0.3) is 72.3 Å². The fraction of sp³-hybridized carbons (Fsp3) is 0.226. The van der Waals surface area contributed by atoms with Gasteiger partial charge in [-0.1, -0.05) is 184 Å². The zero-order valence-corrected chi connectivity index (χ0v) is 42.3. The molecule has 0 aliphatic rings. The van der Waals surface area contributed by atoms with E-state index in [2.05, 4.69) is 106 Å². The zero-order valence-electron chi connectivity index (χ0n) is 49.0. The maximum atomic E-state index is 9.21. The van der Waals surface area contributed by atoms with Crippen LogP contribution in [0, 0.1) is 23.9 Å². The molecule has 3 aromatic heterocycles. The Morgan fingerprint density at radius 1 is 0.632 bits per heavy atom. The van der Waals surface area contributed by atoms with Gasteiger partial charge in [0.05, 0.1) is 29.1 Å². The van der Waals surface area contributed by atoms with Gasteiger partial charge in [-0.05, 0) is 90.4 Å². The van der Waals surface area contributed by atoms with E-state index in [1.54, 1.807) is 35.0 Å². The Balaban J connectivity index is 0.00000722. The standard InChI is InChI=1S/C62H58N4O.Pt/c1-41(60(2,3)4)43-32-33-63-58(36-43)66-54-27-15-14-24-52(54)53-31-30-49(39-57(53)66)67-48-23-18-22-47(38-48)64-40-65(56-29-17-16-28-55(56)64)59-50(42-20-12-11-13-21-42)25-19-26-51(59)44-34-45(61(5,6)7)37-46(35-44)62(8,9)10;/h11-37,41H,1-10H3;/q-2;/i11D,12D,13D,14D,15D,20D,21D,24D,27D;. The molecule has 1 unspecified atom stereocenters. The van der Waals surface area contributed by atoms with Crippen molar-refractivity contribution in [1.82, 2.24) is 14.1 Å². The van der Waals surface area contributed by atoms with Crippen molar-refractivity contribution in [3.63, 3.8) is 0 Å². The third-order valence-corrected chi connectivity index (χ3v) is 12.9. The Hall–Kier alpha value is -6.55. The predicted octanol–water partition coefficient (Wildman–Crippen LogP) is 15.7. The number of imidazole rings is 1. The Kier molecular flexibility index (Phi) is 9.57. The van der Waals surface area contributed by atoms with Crippen molar-refractivity contribution in [3.05, 3.63) is 199 Å². The molecule has 0 radical (unpaired) electrons. The van der Waals surface area contributed by atoms with Crippen LogP contribution in [0.15, 0.2) is 164 Å². The number of fused-ring (bicyclic) bond motifs is 4. The molecule has 344 valence electrons. The van der Waals surface area contributed by atoms with Crippen molar-refractivity contribution in [3.8, 4) is 50.9 Å². The van der Waals surface area contributed by atoms with E-state index in [-0.39, 0.29) is 90.6 Å². The Morgan fingerprint density at radius 3 is 2.01 bits per heavy atom. The minimum absolute atomic E-state index is 0. The van der Waals surface area contributed by atoms with Gasteiger partial charge < -0.3 is 13.9 Å². The summed E-state index contributed by atoms with van der Waals surface area (Å²) in [6.45, 7) is 21.8. The predicted molar refractivity (Wildman–Crippen MR) is 276 cm³/mol. The van der Waals surface area contributed by atoms with Gasteiger partial charge in [0, 0.05) is 44.3 Å². The summed E-state index contributed by atoms with van der Waals surface area (Å²) in [7, 11) is 0. The molecule has 0 saturated heterocycles. The summed E-state index contributed by atoms with van der Waals surface area (Å²) < 4.78 is 91.9. The molecule has 0 fully saturated rings. The first-order valence-corrected chi connectivity index (χ1v) is 22.7. The molecular formula is C62H58N4OPt-2. The van der Waals surface area contributed by atoms with Gasteiger partial charge in [-0.2, -0.15) is 18.2 Å². The molecule has 10 aromatic rings. The van der Waals surface area contributed by atoms with E-state index >= 15 is 0 Å². The van der Waals surface area contributed by atoms with Crippen molar-refractivity contribution in [2.45, 2.75) is 86.0 Å². The van der Waals surface area contributed by atoms with Gasteiger partial charge in [-0.15, -0.1) is 29.7 Å². The van der Waals surface area contributed by atoms with Crippen LogP contribution >= 0.6 is 0 Å². The second-order valence-electron chi connectivity index (χ2n) is 20.4. The molecule has 68 heavy (non-hydrogen) atoms. The maximum Gasteiger partial charge on any atom is 0.268 e. The van der Waals surface area contributed by atoms with Crippen molar-refractivity contribution in [1.29, 1.82) is 0 Å². The van der Waals surface area contributed by atoms with E-state index in [0.717, 1.165) is 38.9 Å². The molecule has 5 nitrogen and oxygen atoms in total. The molecule has 7 aromatic carbocycles. The first-order chi connectivity index (χ1) is 35.8. The third kappa shape index (κ3) is 8.74. The van der Waals surface area contributed by atoms with E-state index in [0.29, 0.717) is 50.5 Å². The monoisotopic (exact) mass is 1080 g/mol. The molecule has 0 amide bonds. The molecule has 1 atom stereocenters. The van der Waals surface area contributed by atoms with E-state index in [1.165, 1.54) is 0 Å². The number of hydrogen-bond acceptors (Lipinski definition) is 2. The van der Waals surface area contributed by atoms with Crippen molar-refractivity contribution >= 4 is 32.8 Å². The number of rotatable bonds is 8. The van der Waals surface area contributed by atoms with Gasteiger partial charge in [0.2, 0.25) is 0 Å². The number of pyridine rings is 1. The summed E-state index contributed by atoms with van der Waals surface area (Å²) in [5.74, 6) is 1.26. The van der Waals surface area contributed by atoms with Gasteiger partial charge in [-0.25, -0.2) is 4.98 Å². The van der Waals surface area contributed by atoms with E-state index in [4.69, 9.17) is 19.3 Å². The SMILES string of the molecule is [2H]c1c([2H])c([2H])c(-c2cccc(-c3cc(C(C)(C)C)cc(C(C)(C)C)c3)c2-[n+]2[c-]n(-c3[c-]c(Oc4[c-]c5c(cc4)c4c([2H])c([2H])c([2H])c([2H])c4n5-c4cc(C(C)C(C)(C)C)ccn4)ccc3)c3ccccc32)c([2H])c1[2H].[Pt]. The van der Waals surface area contributed by atoms with Crippen LogP contribution in [0.5, 0.6) is 11.5 Å². The summed E-state index contributed by atoms with van der Waals surface area (Å²) in [5, 5.41) is 0.911. The summed E-state index contributed by atoms with van der Waals surface area (Å²) in [4.78, 5) is 4.76. The van der Waals surface area contributed by atoms with Crippen LogP contribution in [0.4, 0.5) is 0 Å². The molecule has 0 spiro atoms. The fourth-order valence-corrected chi connectivity index (χ4v) is 8.64. The summed E-state index contributed by atoms with van der Waals surface area (Å²) in [5.41, 5.74) is 8.29. The van der Waals surface area contributed by atoms with Crippen LogP contribution < -0.4 is 9.30 Å². The van der Waals surface area contributed by atoms with Gasteiger partial charge in [-0.3, -0.25) is 4.57 Å². The second kappa shape index (κ2) is 17.8. The molecule has 0 saturated carbocycles. The van der Waals surface area contributed by atoms with Crippen LogP contribution in [0.1, 0.15) is 104 Å². The maximum absolute atomic E-state index is 9.21. The van der Waals surface area contributed by atoms with Crippen molar-refractivity contribution in [2.24, 2.45) is 5.41 Å². The molecule has 0 aliphatic carbocycles. The average Bonchev–Trinajstić information content (AvgIpc) is 4.21. The van der Waals surface area contributed by atoms with Gasteiger partial charge in [0.1, 0.15) is 5.82 Å². The molecular weight excluding hydrogens is 1010 g/mol.